The van der Waals surface area contributed by atoms with Crippen molar-refractivity contribution in [3.05, 3.63) is 53.6 Å². The van der Waals surface area contributed by atoms with E-state index in [1.54, 1.807) is 6.07 Å². The quantitative estimate of drug-likeness (QED) is 0.758. The van der Waals surface area contributed by atoms with E-state index in [2.05, 4.69) is 9.97 Å². The van der Waals surface area contributed by atoms with Crippen LogP contribution in [0.15, 0.2) is 30.5 Å². The van der Waals surface area contributed by atoms with Crippen molar-refractivity contribution >= 4 is 29.1 Å². The Bertz CT molecular complexity index is 884. The third-order valence-electron chi connectivity index (χ3n) is 3.44. The third-order valence-corrected chi connectivity index (χ3v) is 3.44. The highest BCUT2D eigenvalue weighted by molar-refractivity contribution is 5.95. The van der Waals surface area contributed by atoms with E-state index in [0.29, 0.717) is 23.5 Å². The fourth-order valence-electron chi connectivity index (χ4n) is 2.47. The summed E-state index contributed by atoms with van der Waals surface area (Å²) in [5.41, 5.74) is 6.84. The maximum atomic E-state index is 14.4. The number of anilines is 1. The van der Waals surface area contributed by atoms with Crippen LogP contribution >= 0.6 is 12.4 Å². The summed E-state index contributed by atoms with van der Waals surface area (Å²) in [5.74, 6) is -2.00. The smallest absolute Gasteiger partial charge is 0.142 e. The Morgan fingerprint density at radius 2 is 1.83 bits per heavy atom. The van der Waals surface area contributed by atoms with Gasteiger partial charge in [-0.3, -0.25) is 4.98 Å². The van der Waals surface area contributed by atoms with Crippen LogP contribution in [0.25, 0.3) is 22.0 Å². The molecule has 2 N–H and O–H groups in total. The maximum absolute atomic E-state index is 14.4. The van der Waals surface area contributed by atoms with Gasteiger partial charge in [-0.1, -0.05) is 6.92 Å². The Morgan fingerprint density at radius 3 is 2.52 bits per heavy atom. The van der Waals surface area contributed by atoms with Gasteiger partial charge in [-0.2, -0.15) is 0 Å². The third kappa shape index (κ3) is 2.94. The number of halogens is 4. The van der Waals surface area contributed by atoms with Crippen molar-refractivity contribution in [2.45, 2.75) is 13.3 Å². The van der Waals surface area contributed by atoms with E-state index in [1.165, 1.54) is 6.07 Å². The van der Waals surface area contributed by atoms with E-state index in [1.807, 2.05) is 6.92 Å². The molecule has 0 saturated heterocycles. The van der Waals surface area contributed by atoms with E-state index in [0.717, 1.165) is 18.3 Å². The second-order valence-corrected chi connectivity index (χ2v) is 4.85. The fraction of sp³-hybridized carbons (Fsp3) is 0.125. The molecule has 2 aromatic heterocycles. The topological polar surface area (TPSA) is 51.8 Å². The van der Waals surface area contributed by atoms with Crippen molar-refractivity contribution in [2.24, 2.45) is 0 Å². The van der Waals surface area contributed by atoms with Gasteiger partial charge in [0.15, 0.2) is 0 Å². The van der Waals surface area contributed by atoms with Crippen LogP contribution in [0.1, 0.15) is 12.6 Å². The minimum atomic E-state index is -0.857. The van der Waals surface area contributed by atoms with Gasteiger partial charge in [0.05, 0.1) is 17.4 Å². The molecular weight excluding hydrogens is 327 g/mol. The Balaban J connectivity index is 0.00000192. The van der Waals surface area contributed by atoms with Crippen LogP contribution < -0.4 is 5.73 Å². The maximum Gasteiger partial charge on any atom is 0.142 e. The molecule has 1 aromatic carbocycles. The van der Waals surface area contributed by atoms with Crippen molar-refractivity contribution in [2.75, 3.05) is 5.73 Å². The summed E-state index contributed by atoms with van der Waals surface area (Å²) in [6.45, 7) is 1.85. The lowest BCUT2D eigenvalue weighted by Gasteiger charge is -2.12. The van der Waals surface area contributed by atoms with Gasteiger partial charge in [-0.25, -0.2) is 18.2 Å². The van der Waals surface area contributed by atoms with Crippen molar-refractivity contribution < 1.29 is 13.2 Å². The van der Waals surface area contributed by atoms with Gasteiger partial charge in [0.1, 0.15) is 23.3 Å². The zero-order chi connectivity index (χ0) is 15.9. The summed E-state index contributed by atoms with van der Waals surface area (Å²) in [6.07, 6.45) is 1.45. The lowest BCUT2D eigenvalue weighted by molar-refractivity contribution is 0.590. The zero-order valence-electron chi connectivity index (χ0n) is 12.1. The number of nitrogen functional groups attached to an aromatic ring is 1. The van der Waals surface area contributed by atoms with E-state index in [-0.39, 0.29) is 28.9 Å². The first kappa shape index (κ1) is 17.0. The normalized spacial score (nSPS) is 10.6. The summed E-state index contributed by atoms with van der Waals surface area (Å²) < 4.78 is 41.5. The fourth-order valence-corrected chi connectivity index (χ4v) is 2.47. The molecular formula is C16H13ClF3N3. The first-order chi connectivity index (χ1) is 10.5. The van der Waals surface area contributed by atoms with Crippen molar-refractivity contribution in [3.63, 3.8) is 0 Å². The van der Waals surface area contributed by atoms with Gasteiger partial charge in [-0.05, 0) is 24.6 Å². The molecule has 0 saturated carbocycles. The number of pyridine rings is 2. The van der Waals surface area contributed by atoms with Gasteiger partial charge < -0.3 is 5.73 Å². The number of benzene rings is 1. The highest BCUT2D eigenvalue weighted by Gasteiger charge is 2.18. The summed E-state index contributed by atoms with van der Waals surface area (Å²) in [7, 11) is 0. The first-order valence-corrected chi connectivity index (χ1v) is 6.70. The molecule has 0 spiro atoms. The van der Waals surface area contributed by atoms with E-state index < -0.39 is 17.5 Å². The number of rotatable bonds is 2. The van der Waals surface area contributed by atoms with E-state index >= 15 is 0 Å². The van der Waals surface area contributed by atoms with Crippen LogP contribution in [0.3, 0.4) is 0 Å². The van der Waals surface area contributed by atoms with E-state index in [4.69, 9.17) is 5.73 Å². The molecule has 3 aromatic rings. The van der Waals surface area contributed by atoms with Gasteiger partial charge in [0.25, 0.3) is 0 Å². The summed E-state index contributed by atoms with van der Waals surface area (Å²) in [5, 5.41) is -0.0738. The van der Waals surface area contributed by atoms with E-state index in [9.17, 15) is 13.2 Å². The molecule has 3 rings (SSSR count). The Labute approximate surface area is 136 Å². The van der Waals surface area contributed by atoms with Crippen molar-refractivity contribution in [3.8, 4) is 11.1 Å². The monoisotopic (exact) mass is 339 g/mol. The molecule has 0 bridgehead atoms. The summed E-state index contributed by atoms with van der Waals surface area (Å²) in [6, 6.07) is 4.88. The van der Waals surface area contributed by atoms with Crippen LogP contribution in [0.2, 0.25) is 0 Å². The van der Waals surface area contributed by atoms with Crippen molar-refractivity contribution in [1.82, 2.24) is 9.97 Å². The number of nitrogens with two attached hydrogens (primary N) is 1. The molecule has 0 fully saturated rings. The van der Waals surface area contributed by atoms with Gasteiger partial charge in [0, 0.05) is 22.6 Å². The second kappa shape index (κ2) is 6.42. The molecule has 0 amide bonds. The lowest BCUT2D eigenvalue weighted by Crippen LogP contribution is -2.01. The highest BCUT2D eigenvalue weighted by atomic mass is 35.5. The minimum Gasteiger partial charge on any atom is -0.384 e. The SMILES string of the molecule is CCc1nc(N)ccc1-c1c(F)cc(F)c2cc(F)cnc12.Cl. The largest absolute Gasteiger partial charge is 0.384 e. The molecule has 0 aliphatic carbocycles. The Kier molecular flexibility index (Phi) is 4.75. The molecule has 0 aliphatic rings. The van der Waals surface area contributed by atoms with Crippen LogP contribution in [-0.2, 0) is 6.42 Å². The Morgan fingerprint density at radius 1 is 1.09 bits per heavy atom. The number of aryl methyl sites for hydroxylation is 1. The number of fused-ring (bicyclic) bond motifs is 1. The van der Waals surface area contributed by atoms with Crippen molar-refractivity contribution in [1.29, 1.82) is 0 Å². The van der Waals surface area contributed by atoms with Crippen LogP contribution in [-0.4, -0.2) is 9.97 Å². The number of hydrogen-bond acceptors (Lipinski definition) is 3. The van der Waals surface area contributed by atoms with Gasteiger partial charge >= 0.3 is 0 Å². The number of nitrogens with zero attached hydrogens (tertiary/aromatic N) is 2. The number of hydrogen-bond donors (Lipinski definition) is 1. The molecule has 0 aliphatic heterocycles. The molecule has 0 radical (unpaired) electrons. The predicted molar refractivity (Wildman–Crippen MR) is 85.9 cm³/mol. The van der Waals surface area contributed by atoms with Crippen LogP contribution in [0, 0.1) is 17.5 Å². The standard InChI is InChI=1S/C16H12F3N3.ClH/c1-2-13-9(3-4-14(20)22-13)15-12(19)6-11(18)10-5-8(17)7-21-16(10)15;/h3-7H,2H2,1H3,(H2,20,22);1H. The predicted octanol–water partition coefficient (Wildman–Crippen LogP) is 4.28. The Hall–Kier alpha value is -2.34. The average Bonchev–Trinajstić information content (AvgIpc) is 2.49. The minimum absolute atomic E-state index is 0. The second-order valence-electron chi connectivity index (χ2n) is 4.85. The molecule has 2 heterocycles. The molecule has 7 heteroatoms. The van der Waals surface area contributed by atoms with Gasteiger partial charge in [-0.15, -0.1) is 12.4 Å². The van der Waals surface area contributed by atoms with Crippen LogP contribution in [0.5, 0.6) is 0 Å². The average molecular weight is 340 g/mol. The molecule has 0 atom stereocenters. The lowest BCUT2D eigenvalue weighted by atomic mass is 9.98. The van der Waals surface area contributed by atoms with Crippen LogP contribution in [0.4, 0.5) is 19.0 Å². The number of aromatic nitrogens is 2. The molecule has 3 nitrogen and oxygen atoms in total. The van der Waals surface area contributed by atoms with Gasteiger partial charge in [0.2, 0.25) is 0 Å². The summed E-state index contributed by atoms with van der Waals surface area (Å²) in [4.78, 5) is 8.03. The highest BCUT2D eigenvalue weighted by Crippen LogP contribution is 2.34. The first-order valence-electron chi connectivity index (χ1n) is 6.70. The molecule has 23 heavy (non-hydrogen) atoms. The zero-order valence-corrected chi connectivity index (χ0v) is 12.9. The molecule has 0 unspecified atom stereocenters. The summed E-state index contributed by atoms with van der Waals surface area (Å²) >= 11 is 0. The molecule has 120 valence electrons.